The number of halogens is 4. The van der Waals surface area contributed by atoms with Gasteiger partial charge in [0.05, 0.1) is 21.6 Å². The number of nitrogens with one attached hydrogen (secondary N) is 3. The Morgan fingerprint density at radius 2 is 1.60 bits per heavy atom. The Bertz CT molecular complexity index is 1500. The normalized spacial score (nSPS) is 17.1. The SMILES string of the molecule is CCC(NC(=O)[C@H](CS(=O)(=O)c1cccc(S(C)(=O)=O)c1)N[C@@H](c1ccc(F)cc1)C(F)(F)F)C(O)C(=O)NC1CC1. The van der Waals surface area contributed by atoms with Crippen LogP contribution in [-0.4, -0.2) is 76.2 Å². The number of rotatable bonds is 13. The molecule has 0 aliphatic heterocycles. The van der Waals surface area contributed by atoms with Gasteiger partial charge in [-0.05, 0) is 55.2 Å². The molecule has 4 N–H and O–H groups in total. The summed E-state index contributed by atoms with van der Waals surface area (Å²) in [5.74, 6) is -4.18. The lowest BCUT2D eigenvalue weighted by atomic mass is 10.0. The molecule has 3 rings (SSSR count). The number of sulfone groups is 2. The summed E-state index contributed by atoms with van der Waals surface area (Å²) in [6.07, 6.45) is -4.66. The van der Waals surface area contributed by atoms with Gasteiger partial charge in [0.1, 0.15) is 17.9 Å². The van der Waals surface area contributed by atoms with Crippen LogP contribution in [0.4, 0.5) is 17.6 Å². The van der Waals surface area contributed by atoms with Crippen molar-refractivity contribution in [1.82, 2.24) is 16.0 Å². The molecule has 0 bridgehead atoms. The van der Waals surface area contributed by atoms with Gasteiger partial charge in [-0.2, -0.15) is 13.2 Å². The molecule has 2 amide bonds. The lowest BCUT2D eigenvalue weighted by Crippen LogP contribution is -2.57. The van der Waals surface area contributed by atoms with Crippen LogP contribution in [0, 0.1) is 5.82 Å². The first kappa shape index (κ1) is 33.4. The van der Waals surface area contributed by atoms with Crippen molar-refractivity contribution in [2.24, 2.45) is 0 Å². The van der Waals surface area contributed by atoms with Crippen LogP contribution >= 0.6 is 0 Å². The van der Waals surface area contributed by atoms with Crippen molar-refractivity contribution in [3.63, 3.8) is 0 Å². The van der Waals surface area contributed by atoms with E-state index < -0.39 is 83.9 Å². The molecule has 10 nitrogen and oxygen atoms in total. The number of hydrogen-bond acceptors (Lipinski definition) is 8. The molecule has 2 aromatic carbocycles. The van der Waals surface area contributed by atoms with Crippen LogP contribution < -0.4 is 16.0 Å². The van der Waals surface area contributed by atoms with Gasteiger partial charge in [0, 0.05) is 12.3 Å². The largest absolute Gasteiger partial charge is 0.407 e. The van der Waals surface area contributed by atoms with Gasteiger partial charge in [0.2, 0.25) is 5.91 Å². The smallest absolute Gasteiger partial charge is 0.381 e. The zero-order chi connectivity index (χ0) is 31.5. The number of carbonyl (C=O) groups is 2. The first-order valence-corrected chi connectivity index (χ1v) is 16.4. The molecule has 1 aliphatic carbocycles. The summed E-state index contributed by atoms with van der Waals surface area (Å²) in [5.41, 5.74) is -0.519. The Labute approximate surface area is 240 Å². The second-order valence-corrected chi connectivity index (χ2v) is 14.1. The van der Waals surface area contributed by atoms with Gasteiger partial charge in [0.25, 0.3) is 5.91 Å². The van der Waals surface area contributed by atoms with Gasteiger partial charge in [0.15, 0.2) is 25.8 Å². The van der Waals surface area contributed by atoms with Crippen LogP contribution in [-0.2, 0) is 29.3 Å². The summed E-state index contributed by atoms with van der Waals surface area (Å²) in [6, 6.07) is 1.10. The number of aliphatic hydroxyl groups is 1. The lowest BCUT2D eigenvalue weighted by Gasteiger charge is -2.29. The second kappa shape index (κ2) is 13.1. The fourth-order valence-corrected chi connectivity index (χ4v) is 6.25. The molecular weight excluding hydrogens is 606 g/mol. The first-order chi connectivity index (χ1) is 19.4. The van der Waals surface area contributed by atoms with Gasteiger partial charge in [-0.15, -0.1) is 0 Å². The van der Waals surface area contributed by atoms with Crippen molar-refractivity contribution >= 4 is 31.5 Å². The summed E-state index contributed by atoms with van der Waals surface area (Å²) in [4.78, 5) is 24.8. The number of aliphatic hydroxyl groups excluding tert-OH is 1. The van der Waals surface area contributed by atoms with Crippen LogP contribution in [0.3, 0.4) is 0 Å². The molecule has 0 radical (unpaired) electrons. The quantitative estimate of drug-likeness (QED) is 0.242. The van der Waals surface area contributed by atoms with Crippen LogP contribution in [0.15, 0.2) is 58.3 Å². The fourth-order valence-electron chi connectivity index (χ4n) is 4.03. The molecule has 0 saturated heterocycles. The highest BCUT2D eigenvalue weighted by atomic mass is 32.2. The number of benzene rings is 2. The number of carbonyl (C=O) groups excluding carboxylic acids is 2. The van der Waals surface area contributed by atoms with E-state index in [1.54, 1.807) is 0 Å². The van der Waals surface area contributed by atoms with Crippen molar-refractivity contribution in [2.45, 2.75) is 72.4 Å². The Morgan fingerprint density at radius 1 is 1.00 bits per heavy atom. The van der Waals surface area contributed by atoms with Crippen molar-refractivity contribution < 1.29 is 49.1 Å². The van der Waals surface area contributed by atoms with Crippen LogP contribution in [0.25, 0.3) is 0 Å². The average Bonchev–Trinajstić information content (AvgIpc) is 3.72. The van der Waals surface area contributed by atoms with E-state index in [0.29, 0.717) is 12.8 Å². The zero-order valence-corrected chi connectivity index (χ0v) is 24.2. The maximum absolute atomic E-state index is 14.2. The minimum Gasteiger partial charge on any atom is -0.381 e. The molecule has 2 aromatic rings. The van der Waals surface area contributed by atoms with E-state index in [0.717, 1.165) is 54.8 Å². The fraction of sp³-hybridized carbons (Fsp3) is 0.462. The Kier molecular flexibility index (Phi) is 10.4. The molecular formula is C26H31F4N3O7S2. The summed E-state index contributed by atoms with van der Waals surface area (Å²) in [7, 11) is -8.46. The third kappa shape index (κ3) is 8.96. The number of hydrogen-bond donors (Lipinski definition) is 4. The van der Waals surface area contributed by atoms with Gasteiger partial charge in [-0.1, -0.05) is 25.1 Å². The summed E-state index contributed by atoms with van der Waals surface area (Å²) in [6.45, 7) is 1.49. The van der Waals surface area contributed by atoms with E-state index in [1.807, 2.05) is 5.32 Å². The Morgan fingerprint density at radius 3 is 2.12 bits per heavy atom. The van der Waals surface area contributed by atoms with Gasteiger partial charge in [-0.25, -0.2) is 21.2 Å². The Balaban J connectivity index is 1.97. The summed E-state index contributed by atoms with van der Waals surface area (Å²) < 4.78 is 106. The van der Waals surface area contributed by atoms with Crippen LogP contribution in [0.1, 0.15) is 37.8 Å². The predicted octanol–water partition coefficient (Wildman–Crippen LogP) is 1.80. The summed E-state index contributed by atoms with van der Waals surface area (Å²) >= 11 is 0. The Hall–Kier alpha value is -3.08. The van der Waals surface area contributed by atoms with Crippen LogP contribution in [0.2, 0.25) is 0 Å². The maximum Gasteiger partial charge on any atom is 0.407 e. The minimum atomic E-state index is -5.08. The standard InChI is InChI=1S/C26H31F4N3O7S2/c1-3-20(22(34)25(36)31-17-11-12-17)33-24(35)21(32-23(26(28,29)30)15-7-9-16(27)10-8-15)14-42(39,40)19-6-4-5-18(13-19)41(2,37)38/h4-10,13,17,20-23,32,34H,3,11-12,14H2,1-2H3,(H,31,36)(H,33,35)/t20?,21-,22?,23-/m0/s1. The molecule has 1 aliphatic rings. The maximum atomic E-state index is 14.2. The second-order valence-electron chi connectivity index (χ2n) is 10.0. The molecule has 1 saturated carbocycles. The topological polar surface area (TPSA) is 159 Å². The highest BCUT2D eigenvalue weighted by molar-refractivity contribution is 7.92. The average molecular weight is 638 g/mol. The van der Waals surface area contributed by atoms with Crippen molar-refractivity contribution in [3.05, 3.63) is 59.9 Å². The molecule has 2 unspecified atom stereocenters. The van der Waals surface area contributed by atoms with Gasteiger partial charge in [-0.3, -0.25) is 14.9 Å². The van der Waals surface area contributed by atoms with Crippen molar-refractivity contribution in [3.8, 4) is 0 Å². The van der Waals surface area contributed by atoms with E-state index in [9.17, 15) is 49.1 Å². The van der Waals surface area contributed by atoms with Gasteiger partial charge < -0.3 is 15.7 Å². The monoisotopic (exact) mass is 637 g/mol. The van der Waals surface area contributed by atoms with Crippen LogP contribution in [0.5, 0.6) is 0 Å². The van der Waals surface area contributed by atoms with E-state index in [2.05, 4.69) is 10.6 Å². The van der Waals surface area contributed by atoms with Crippen molar-refractivity contribution in [1.29, 1.82) is 0 Å². The predicted molar refractivity (Wildman–Crippen MR) is 143 cm³/mol. The first-order valence-electron chi connectivity index (χ1n) is 12.8. The zero-order valence-electron chi connectivity index (χ0n) is 22.6. The molecule has 232 valence electrons. The summed E-state index contributed by atoms with van der Waals surface area (Å²) in [5, 5.41) is 17.3. The number of alkyl halides is 3. The van der Waals surface area contributed by atoms with E-state index in [4.69, 9.17) is 0 Å². The minimum absolute atomic E-state index is 0.0401. The lowest BCUT2D eigenvalue weighted by molar-refractivity contribution is -0.160. The third-order valence-corrected chi connectivity index (χ3v) is 9.39. The molecule has 4 atom stereocenters. The molecule has 42 heavy (non-hydrogen) atoms. The van der Waals surface area contributed by atoms with Gasteiger partial charge >= 0.3 is 6.18 Å². The van der Waals surface area contributed by atoms with E-state index >= 15 is 0 Å². The molecule has 0 heterocycles. The molecule has 0 aromatic heterocycles. The highest BCUT2D eigenvalue weighted by Gasteiger charge is 2.44. The van der Waals surface area contributed by atoms with Crippen molar-refractivity contribution in [2.75, 3.05) is 12.0 Å². The molecule has 16 heteroatoms. The van der Waals surface area contributed by atoms with E-state index in [1.165, 1.54) is 6.92 Å². The highest BCUT2D eigenvalue weighted by Crippen LogP contribution is 2.33. The third-order valence-electron chi connectivity index (χ3n) is 6.53. The number of amides is 2. The molecule has 1 fully saturated rings. The van der Waals surface area contributed by atoms with E-state index in [-0.39, 0.29) is 17.4 Å². The molecule has 0 spiro atoms.